The Kier molecular flexibility index (Phi) is 9.64. The van der Waals surface area contributed by atoms with E-state index in [0.29, 0.717) is 0 Å². The van der Waals surface area contributed by atoms with E-state index in [1.54, 1.807) is 25.3 Å². The van der Waals surface area contributed by atoms with E-state index in [2.05, 4.69) is 26.2 Å². The fourth-order valence-corrected chi connectivity index (χ4v) is 3.43. The molecule has 2 N–H and O–H groups in total. The van der Waals surface area contributed by atoms with Crippen molar-refractivity contribution in [1.82, 2.24) is 10.2 Å². The van der Waals surface area contributed by atoms with Gasteiger partial charge < -0.3 is 25.0 Å². The zero-order valence-corrected chi connectivity index (χ0v) is 19.8. The number of piperazine rings is 1. The summed E-state index contributed by atoms with van der Waals surface area (Å²) in [5, 5.41) is 13.6. The Balaban J connectivity index is 0.00000320. The molecule has 1 aliphatic heterocycles. The van der Waals surface area contributed by atoms with Crippen LogP contribution in [0.4, 0.5) is 10.1 Å². The molecule has 0 aliphatic carbocycles. The van der Waals surface area contributed by atoms with Gasteiger partial charge in [-0.1, -0.05) is 24.3 Å². The van der Waals surface area contributed by atoms with Crippen LogP contribution in [0.25, 0.3) is 0 Å². The molecule has 0 bridgehead atoms. The first-order valence-corrected chi connectivity index (χ1v) is 9.97. The molecule has 0 radical (unpaired) electrons. The molecule has 0 amide bonds. The molecule has 0 spiro atoms. The molecule has 0 saturated carbocycles. The van der Waals surface area contributed by atoms with Crippen LogP contribution in [-0.4, -0.2) is 62.3 Å². The Morgan fingerprint density at radius 2 is 1.90 bits per heavy atom. The minimum atomic E-state index is -0.970. The SMILES string of the molecule is CCNC(=NCC(O)c1ccccc1F)N1CCN(c2cccc(OC)c2)CC1.I. The fourth-order valence-electron chi connectivity index (χ4n) is 3.43. The van der Waals surface area contributed by atoms with Crippen molar-refractivity contribution in [2.24, 2.45) is 4.99 Å². The molecule has 1 saturated heterocycles. The third-order valence-electron chi connectivity index (χ3n) is 5.01. The lowest BCUT2D eigenvalue weighted by Gasteiger charge is -2.37. The van der Waals surface area contributed by atoms with Crippen LogP contribution >= 0.6 is 24.0 Å². The largest absolute Gasteiger partial charge is 0.497 e. The Labute approximate surface area is 194 Å². The highest BCUT2D eigenvalue weighted by molar-refractivity contribution is 14.0. The summed E-state index contributed by atoms with van der Waals surface area (Å²) in [4.78, 5) is 9.05. The Morgan fingerprint density at radius 3 is 2.57 bits per heavy atom. The van der Waals surface area contributed by atoms with Crippen LogP contribution in [-0.2, 0) is 0 Å². The van der Waals surface area contributed by atoms with Crippen molar-refractivity contribution in [3.05, 3.63) is 59.9 Å². The van der Waals surface area contributed by atoms with Crippen molar-refractivity contribution >= 4 is 35.6 Å². The number of nitrogens with one attached hydrogen (secondary N) is 1. The van der Waals surface area contributed by atoms with Gasteiger partial charge in [-0.05, 0) is 25.1 Å². The van der Waals surface area contributed by atoms with Crippen molar-refractivity contribution in [3.63, 3.8) is 0 Å². The zero-order chi connectivity index (χ0) is 20.6. The van der Waals surface area contributed by atoms with Crippen LogP contribution in [0, 0.1) is 5.82 Å². The number of ether oxygens (including phenoxy) is 1. The predicted molar refractivity (Wildman–Crippen MR) is 130 cm³/mol. The van der Waals surface area contributed by atoms with Crippen LogP contribution in [0.2, 0.25) is 0 Å². The van der Waals surface area contributed by atoms with E-state index < -0.39 is 11.9 Å². The van der Waals surface area contributed by atoms with Crippen molar-refractivity contribution in [2.45, 2.75) is 13.0 Å². The van der Waals surface area contributed by atoms with Gasteiger partial charge in [-0.25, -0.2) is 4.39 Å². The second-order valence-electron chi connectivity index (χ2n) is 6.91. The molecule has 30 heavy (non-hydrogen) atoms. The standard InChI is InChI=1S/C22H29FN4O2.HI/c1-3-24-22(25-16-21(28)19-9-4-5-10-20(19)23)27-13-11-26(12-14-27)17-7-6-8-18(15-17)29-2;/h4-10,15,21,28H,3,11-14,16H2,1-2H3,(H,24,25);1H. The zero-order valence-electron chi connectivity index (χ0n) is 17.4. The van der Waals surface area contributed by atoms with Crippen molar-refractivity contribution in [2.75, 3.05) is 51.3 Å². The number of rotatable bonds is 6. The van der Waals surface area contributed by atoms with E-state index in [9.17, 15) is 9.50 Å². The molecule has 6 nitrogen and oxygen atoms in total. The normalized spacial score (nSPS) is 15.4. The summed E-state index contributed by atoms with van der Waals surface area (Å²) in [6, 6.07) is 14.3. The molecule has 1 fully saturated rings. The molecule has 3 rings (SSSR count). The summed E-state index contributed by atoms with van der Waals surface area (Å²) >= 11 is 0. The summed E-state index contributed by atoms with van der Waals surface area (Å²) < 4.78 is 19.2. The van der Waals surface area contributed by atoms with Gasteiger partial charge in [0.05, 0.1) is 13.7 Å². The third kappa shape index (κ3) is 6.21. The lowest BCUT2D eigenvalue weighted by Crippen LogP contribution is -2.52. The quantitative estimate of drug-likeness (QED) is 0.343. The van der Waals surface area contributed by atoms with Gasteiger partial charge in [0.2, 0.25) is 0 Å². The van der Waals surface area contributed by atoms with E-state index in [1.165, 1.54) is 6.07 Å². The molecule has 8 heteroatoms. The molecule has 1 heterocycles. The van der Waals surface area contributed by atoms with Crippen LogP contribution in [0.15, 0.2) is 53.5 Å². The average molecular weight is 528 g/mol. The van der Waals surface area contributed by atoms with Crippen molar-refractivity contribution in [1.29, 1.82) is 0 Å². The predicted octanol–water partition coefficient (Wildman–Crippen LogP) is 3.27. The summed E-state index contributed by atoms with van der Waals surface area (Å²) in [6.07, 6.45) is -0.970. The highest BCUT2D eigenvalue weighted by Crippen LogP contribution is 2.22. The maximum atomic E-state index is 13.9. The van der Waals surface area contributed by atoms with E-state index >= 15 is 0 Å². The smallest absolute Gasteiger partial charge is 0.194 e. The fraction of sp³-hybridized carbons (Fsp3) is 0.409. The first kappa shape index (κ1) is 24.2. The monoisotopic (exact) mass is 528 g/mol. The van der Waals surface area contributed by atoms with Crippen LogP contribution in [0.5, 0.6) is 5.75 Å². The summed E-state index contributed by atoms with van der Waals surface area (Å²) in [5.74, 6) is 1.18. The second-order valence-corrected chi connectivity index (χ2v) is 6.91. The number of aliphatic hydroxyl groups excluding tert-OH is 1. The van der Waals surface area contributed by atoms with Gasteiger partial charge in [0, 0.05) is 50.0 Å². The number of nitrogens with zero attached hydrogens (tertiary/aromatic N) is 3. The maximum Gasteiger partial charge on any atom is 0.194 e. The van der Waals surface area contributed by atoms with Crippen LogP contribution in [0.3, 0.4) is 0 Å². The van der Waals surface area contributed by atoms with E-state index in [-0.39, 0.29) is 36.1 Å². The minimum Gasteiger partial charge on any atom is -0.497 e. The lowest BCUT2D eigenvalue weighted by atomic mass is 10.1. The van der Waals surface area contributed by atoms with Crippen molar-refractivity contribution < 1.29 is 14.2 Å². The number of aliphatic imine (C=N–C) groups is 1. The summed E-state index contributed by atoms with van der Waals surface area (Å²) in [7, 11) is 1.67. The molecule has 2 aromatic rings. The minimum absolute atomic E-state index is 0. The number of benzene rings is 2. The summed E-state index contributed by atoms with van der Waals surface area (Å²) in [5.41, 5.74) is 1.41. The number of halogens is 2. The van der Waals surface area contributed by atoms with Gasteiger partial charge in [0.25, 0.3) is 0 Å². The Bertz CT molecular complexity index is 828. The number of guanidine groups is 1. The van der Waals surface area contributed by atoms with Gasteiger partial charge in [0.15, 0.2) is 5.96 Å². The molecule has 1 atom stereocenters. The molecule has 1 aliphatic rings. The van der Waals surface area contributed by atoms with Gasteiger partial charge in [-0.2, -0.15) is 0 Å². The Hall–Kier alpha value is -2.07. The van der Waals surface area contributed by atoms with Gasteiger partial charge in [-0.15, -0.1) is 24.0 Å². The number of aliphatic hydroxyl groups is 1. The molecule has 164 valence electrons. The average Bonchev–Trinajstić information content (AvgIpc) is 2.77. The number of anilines is 1. The lowest BCUT2D eigenvalue weighted by molar-refractivity contribution is 0.181. The van der Waals surface area contributed by atoms with Gasteiger partial charge in [0.1, 0.15) is 17.7 Å². The van der Waals surface area contributed by atoms with E-state index in [0.717, 1.165) is 50.1 Å². The third-order valence-corrected chi connectivity index (χ3v) is 5.01. The van der Waals surface area contributed by atoms with Crippen LogP contribution in [0.1, 0.15) is 18.6 Å². The first-order chi connectivity index (χ1) is 14.1. The molecule has 0 aromatic heterocycles. The number of hydrogen-bond donors (Lipinski definition) is 2. The highest BCUT2D eigenvalue weighted by atomic mass is 127. The highest BCUT2D eigenvalue weighted by Gasteiger charge is 2.21. The van der Waals surface area contributed by atoms with Crippen molar-refractivity contribution in [3.8, 4) is 5.75 Å². The molecular weight excluding hydrogens is 498 g/mol. The Morgan fingerprint density at radius 1 is 1.17 bits per heavy atom. The second kappa shape index (κ2) is 11.9. The molecular formula is C22H30FIN4O2. The van der Waals surface area contributed by atoms with E-state index in [1.807, 2.05) is 25.1 Å². The maximum absolute atomic E-state index is 13.9. The first-order valence-electron chi connectivity index (χ1n) is 9.97. The number of methoxy groups -OCH3 is 1. The van der Waals surface area contributed by atoms with E-state index in [4.69, 9.17) is 4.74 Å². The van der Waals surface area contributed by atoms with Gasteiger partial charge >= 0.3 is 0 Å². The van der Waals surface area contributed by atoms with Crippen LogP contribution < -0.4 is 15.0 Å². The topological polar surface area (TPSA) is 60.3 Å². The molecule has 2 aromatic carbocycles. The summed E-state index contributed by atoms with van der Waals surface area (Å²) in [6.45, 7) is 6.16. The molecule has 1 unspecified atom stereocenters. The number of hydrogen-bond acceptors (Lipinski definition) is 4. The van der Waals surface area contributed by atoms with Gasteiger partial charge in [-0.3, -0.25) is 4.99 Å².